The molecule has 7 heteroatoms. The Morgan fingerprint density at radius 3 is 2.37 bits per heavy atom. The Morgan fingerprint density at radius 1 is 1.00 bits per heavy atom. The van der Waals surface area contributed by atoms with Crippen molar-refractivity contribution in [3.63, 3.8) is 0 Å². The minimum Gasteiger partial charge on any atom is -0.497 e. The molecule has 35 heavy (non-hydrogen) atoms. The monoisotopic (exact) mass is 466 g/mol. The van der Waals surface area contributed by atoms with Crippen molar-refractivity contribution in [2.45, 2.75) is 13.8 Å². The fraction of sp³-hybridized carbons (Fsp3) is 0.179. The standard InChI is InChI=1S/C28H26N4O3/c1-5-31(22-12-8-6-10-18(22)2)27(33)25-24-21-11-7-9-13-23(21)30(3)26(24)28(34)32(29-25)19-14-16-20(35-4)17-15-19/h6-17H,5H2,1-4H3. The second-order valence-electron chi connectivity index (χ2n) is 8.40. The van der Waals surface area contributed by atoms with E-state index < -0.39 is 0 Å². The van der Waals surface area contributed by atoms with Crippen LogP contribution in [0.4, 0.5) is 5.69 Å². The summed E-state index contributed by atoms with van der Waals surface area (Å²) < 4.78 is 8.41. The Hall–Kier alpha value is -4.39. The van der Waals surface area contributed by atoms with Crippen LogP contribution in [0.3, 0.4) is 0 Å². The number of rotatable bonds is 5. The van der Waals surface area contributed by atoms with Gasteiger partial charge < -0.3 is 14.2 Å². The lowest BCUT2D eigenvalue weighted by atomic mass is 10.1. The smallest absolute Gasteiger partial charge is 0.296 e. The van der Waals surface area contributed by atoms with E-state index in [1.807, 2.05) is 74.0 Å². The van der Waals surface area contributed by atoms with Crippen LogP contribution >= 0.6 is 0 Å². The highest BCUT2D eigenvalue weighted by Crippen LogP contribution is 2.30. The number of hydrogen-bond acceptors (Lipinski definition) is 4. The van der Waals surface area contributed by atoms with Crippen LogP contribution in [-0.2, 0) is 7.05 Å². The van der Waals surface area contributed by atoms with Gasteiger partial charge in [-0.3, -0.25) is 9.59 Å². The number of aromatic nitrogens is 3. The summed E-state index contributed by atoms with van der Waals surface area (Å²) in [6.07, 6.45) is 0. The molecule has 176 valence electrons. The minimum atomic E-state index is -0.292. The van der Waals surface area contributed by atoms with E-state index in [1.54, 1.807) is 36.3 Å². The number of aryl methyl sites for hydroxylation is 2. The van der Waals surface area contributed by atoms with Crippen molar-refractivity contribution in [2.75, 3.05) is 18.6 Å². The summed E-state index contributed by atoms with van der Waals surface area (Å²) in [7, 11) is 3.43. The molecular weight excluding hydrogens is 440 g/mol. The number of amides is 1. The van der Waals surface area contributed by atoms with Crippen LogP contribution in [0.25, 0.3) is 27.5 Å². The summed E-state index contributed by atoms with van der Waals surface area (Å²) in [5.74, 6) is 0.408. The SMILES string of the molecule is CCN(C(=O)c1nn(-c2ccc(OC)cc2)c(=O)c2c1c1ccccc1n2C)c1ccccc1C. The van der Waals surface area contributed by atoms with E-state index in [2.05, 4.69) is 5.10 Å². The molecule has 0 saturated heterocycles. The molecule has 7 nitrogen and oxygen atoms in total. The summed E-state index contributed by atoms with van der Waals surface area (Å²) >= 11 is 0. The van der Waals surface area contributed by atoms with E-state index in [0.29, 0.717) is 28.9 Å². The maximum Gasteiger partial charge on any atom is 0.296 e. The number of anilines is 1. The molecule has 2 aromatic heterocycles. The lowest BCUT2D eigenvalue weighted by molar-refractivity contribution is 0.0983. The summed E-state index contributed by atoms with van der Waals surface area (Å²) in [4.78, 5) is 29.6. The van der Waals surface area contributed by atoms with Gasteiger partial charge in [-0.1, -0.05) is 36.4 Å². The Bertz CT molecular complexity index is 1630. The highest BCUT2D eigenvalue weighted by molar-refractivity contribution is 6.20. The first-order chi connectivity index (χ1) is 17.0. The second-order valence-corrected chi connectivity index (χ2v) is 8.40. The van der Waals surface area contributed by atoms with E-state index in [4.69, 9.17) is 4.74 Å². The van der Waals surface area contributed by atoms with Crippen LogP contribution in [-0.4, -0.2) is 33.9 Å². The number of fused-ring (bicyclic) bond motifs is 3. The van der Waals surface area contributed by atoms with Crippen LogP contribution < -0.4 is 15.2 Å². The fourth-order valence-electron chi connectivity index (χ4n) is 4.64. The molecule has 1 amide bonds. The predicted octanol–water partition coefficient (Wildman–Crippen LogP) is 4.86. The third-order valence-electron chi connectivity index (χ3n) is 6.43. The molecule has 0 fully saturated rings. The molecular formula is C28H26N4O3. The number of carbonyl (C=O) groups excluding carboxylic acids is 1. The molecule has 3 aromatic carbocycles. The molecule has 0 saturated carbocycles. The average molecular weight is 467 g/mol. The Balaban J connectivity index is 1.84. The molecule has 0 N–H and O–H groups in total. The quantitative estimate of drug-likeness (QED) is 0.371. The Kier molecular flexibility index (Phi) is 5.61. The molecule has 5 rings (SSSR count). The van der Waals surface area contributed by atoms with E-state index in [-0.39, 0.29) is 17.2 Å². The number of benzene rings is 3. The molecule has 0 radical (unpaired) electrons. The molecule has 0 spiro atoms. The number of methoxy groups -OCH3 is 1. The van der Waals surface area contributed by atoms with Gasteiger partial charge in [-0.05, 0) is 55.8 Å². The zero-order valence-corrected chi connectivity index (χ0v) is 20.1. The number of nitrogens with zero attached hydrogens (tertiary/aromatic N) is 4. The largest absolute Gasteiger partial charge is 0.497 e. The van der Waals surface area contributed by atoms with Gasteiger partial charge in [0.25, 0.3) is 11.5 Å². The second kappa shape index (κ2) is 8.76. The molecule has 5 aromatic rings. The number of para-hydroxylation sites is 2. The van der Waals surface area contributed by atoms with Gasteiger partial charge in [0.15, 0.2) is 5.69 Å². The van der Waals surface area contributed by atoms with E-state index in [0.717, 1.165) is 22.2 Å². The van der Waals surface area contributed by atoms with Crippen molar-refractivity contribution in [3.8, 4) is 11.4 Å². The molecule has 0 bridgehead atoms. The summed E-state index contributed by atoms with van der Waals surface area (Å²) in [5, 5.41) is 6.06. The summed E-state index contributed by atoms with van der Waals surface area (Å²) in [5.41, 5.74) is 3.59. The van der Waals surface area contributed by atoms with Crippen LogP contribution in [0, 0.1) is 6.92 Å². The maximum absolute atomic E-state index is 14.1. The van der Waals surface area contributed by atoms with Gasteiger partial charge in [-0.15, -0.1) is 0 Å². The van der Waals surface area contributed by atoms with Crippen LogP contribution in [0.2, 0.25) is 0 Å². The van der Waals surface area contributed by atoms with E-state index in [1.165, 1.54) is 4.68 Å². The zero-order chi connectivity index (χ0) is 24.7. The molecule has 0 unspecified atom stereocenters. The van der Waals surface area contributed by atoms with Crippen molar-refractivity contribution >= 4 is 33.4 Å². The van der Waals surface area contributed by atoms with Gasteiger partial charge in [-0.25, -0.2) is 0 Å². The minimum absolute atomic E-state index is 0.234. The molecule has 0 atom stereocenters. The fourth-order valence-corrected chi connectivity index (χ4v) is 4.64. The topological polar surface area (TPSA) is 69.4 Å². The van der Waals surface area contributed by atoms with Crippen molar-refractivity contribution in [3.05, 3.63) is 94.4 Å². The zero-order valence-electron chi connectivity index (χ0n) is 20.1. The maximum atomic E-state index is 14.1. The van der Waals surface area contributed by atoms with Crippen LogP contribution in [0.15, 0.2) is 77.6 Å². The van der Waals surface area contributed by atoms with Crippen molar-refractivity contribution in [1.82, 2.24) is 14.3 Å². The van der Waals surface area contributed by atoms with E-state index >= 15 is 0 Å². The predicted molar refractivity (Wildman–Crippen MR) is 139 cm³/mol. The molecule has 0 aliphatic heterocycles. The van der Waals surface area contributed by atoms with Crippen LogP contribution in [0.5, 0.6) is 5.75 Å². The molecule has 0 aliphatic rings. The van der Waals surface area contributed by atoms with Crippen molar-refractivity contribution in [2.24, 2.45) is 7.05 Å². The highest BCUT2D eigenvalue weighted by atomic mass is 16.5. The third-order valence-corrected chi connectivity index (χ3v) is 6.43. The van der Waals surface area contributed by atoms with E-state index in [9.17, 15) is 9.59 Å². The Morgan fingerprint density at radius 2 is 1.69 bits per heavy atom. The first-order valence-electron chi connectivity index (χ1n) is 11.5. The van der Waals surface area contributed by atoms with Gasteiger partial charge in [0.1, 0.15) is 11.3 Å². The third kappa shape index (κ3) is 3.56. The Labute approximate surface area is 202 Å². The molecule has 2 heterocycles. The lowest BCUT2D eigenvalue weighted by Crippen LogP contribution is -2.34. The lowest BCUT2D eigenvalue weighted by Gasteiger charge is -2.23. The first kappa shape index (κ1) is 22.4. The molecule has 0 aliphatic carbocycles. The van der Waals surface area contributed by atoms with Crippen molar-refractivity contribution in [1.29, 1.82) is 0 Å². The van der Waals surface area contributed by atoms with Gasteiger partial charge >= 0.3 is 0 Å². The summed E-state index contributed by atoms with van der Waals surface area (Å²) in [6, 6.07) is 22.5. The summed E-state index contributed by atoms with van der Waals surface area (Å²) in [6.45, 7) is 4.37. The van der Waals surface area contributed by atoms with Gasteiger partial charge in [0.2, 0.25) is 0 Å². The van der Waals surface area contributed by atoms with Gasteiger partial charge in [0.05, 0.1) is 12.8 Å². The van der Waals surface area contributed by atoms with Gasteiger partial charge in [-0.2, -0.15) is 9.78 Å². The average Bonchev–Trinajstić information content (AvgIpc) is 3.19. The van der Waals surface area contributed by atoms with Gasteiger partial charge in [0, 0.05) is 35.6 Å². The highest BCUT2D eigenvalue weighted by Gasteiger charge is 2.27. The number of carbonyl (C=O) groups is 1. The number of hydrogen-bond donors (Lipinski definition) is 0. The number of ether oxygens (including phenoxy) is 1. The first-order valence-corrected chi connectivity index (χ1v) is 11.5. The van der Waals surface area contributed by atoms with Crippen LogP contribution in [0.1, 0.15) is 23.0 Å². The normalized spacial score (nSPS) is 11.2. The van der Waals surface area contributed by atoms with Crippen molar-refractivity contribution < 1.29 is 9.53 Å².